The summed E-state index contributed by atoms with van der Waals surface area (Å²) in [7, 11) is 1.92. The van der Waals surface area contributed by atoms with Gasteiger partial charge in [0, 0.05) is 32.4 Å². The zero-order chi connectivity index (χ0) is 15.8. The molecular weight excluding hydrogens is 272 g/mol. The number of allylic oxidation sites excluding steroid dienone is 2. The summed E-state index contributed by atoms with van der Waals surface area (Å²) < 4.78 is 6.08. The summed E-state index contributed by atoms with van der Waals surface area (Å²) in [5.74, 6) is 0.954. The molecule has 0 saturated carbocycles. The highest BCUT2D eigenvalue weighted by molar-refractivity contribution is 5.45. The van der Waals surface area contributed by atoms with Crippen molar-refractivity contribution in [3.8, 4) is 5.75 Å². The number of ether oxygens (including phenoxy) is 1. The normalized spacial score (nSPS) is 17.0. The Morgan fingerprint density at radius 1 is 1.27 bits per heavy atom. The molecule has 0 unspecified atom stereocenters. The molecule has 0 bridgehead atoms. The van der Waals surface area contributed by atoms with Crippen molar-refractivity contribution in [2.24, 2.45) is 0 Å². The van der Waals surface area contributed by atoms with E-state index in [1.54, 1.807) is 0 Å². The van der Waals surface area contributed by atoms with E-state index in [0.29, 0.717) is 6.10 Å². The van der Waals surface area contributed by atoms with E-state index in [9.17, 15) is 0 Å². The largest absolute Gasteiger partial charge is 0.490 e. The maximum Gasteiger partial charge on any atom is 0.119 e. The number of benzene rings is 1. The number of hydrogen-bond acceptors (Lipinski definition) is 3. The van der Waals surface area contributed by atoms with Gasteiger partial charge in [-0.15, -0.1) is 0 Å². The summed E-state index contributed by atoms with van der Waals surface area (Å²) in [6, 6.07) is 8.14. The Kier molecular flexibility index (Phi) is 6.28. The molecule has 1 heterocycles. The lowest BCUT2D eigenvalue weighted by Gasteiger charge is -2.32. The quantitative estimate of drug-likeness (QED) is 0.773. The number of hydrogen-bond donors (Lipinski definition) is 1. The first-order valence-corrected chi connectivity index (χ1v) is 7.86. The van der Waals surface area contributed by atoms with Gasteiger partial charge in [0.15, 0.2) is 0 Å². The first-order valence-electron chi connectivity index (χ1n) is 7.86. The highest BCUT2D eigenvalue weighted by atomic mass is 16.5. The number of anilines is 1. The maximum absolute atomic E-state index is 6.08. The standard InChI is InChI=1S/C19H26N2O/c1-4-6-16(5-2)15-21-13-11-19(12-14-21)22-18-9-7-17(20-3)8-10-18/h4-10,19-20H,1-2,11-15H2,3H3/b16-6+. The molecule has 0 spiro atoms. The Morgan fingerprint density at radius 2 is 1.95 bits per heavy atom. The molecule has 3 nitrogen and oxygen atoms in total. The van der Waals surface area contributed by atoms with Gasteiger partial charge >= 0.3 is 0 Å². The number of nitrogens with zero attached hydrogens (tertiary/aromatic N) is 1. The molecule has 0 atom stereocenters. The van der Waals surface area contributed by atoms with Crippen molar-refractivity contribution in [1.29, 1.82) is 0 Å². The van der Waals surface area contributed by atoms with E-state index in [2.05, 4.69) is 23.4 Å². The van der Waals surface area contributed by atoms with Crippen molar-refractivity contribution >= 4 is 5.69 Å². The van der Waals surface area contributed by atoms with Gasteiger partial charge in [0.25, 0.3) is 0 Å². The van der Waals surface area contributed by atoms with Gasteiger partial charge < -0.3 is 10.1 Å². The summed E-state index contributed by atoms with van der Waals surface area (Å²) in [5.41, 5.74) is 2.32. The number of likely N-dealkylation sites (tertiary alicyclic amines) is 1. The third kappa shape index (κ3) is 4.78. The number of rotatable bonds is 7. The van der Waals surface area contributed by atoms with Gasteiger partial charge in [-0.2, -0.15) is 0 Å². The predicted molar refractivity (Wildman–Crippen MR) is 94.6 cm³/mol. The molecule has 0 aliphatic carbocycles. The molecule has 1 fully saturated rings. The Morgan fingerprint density at radius 3 is 2.50 bits per heavy atom. The van der Waals surface area contributed by atoms with Gasteiger partial charge in [-0.05, 0) is 42.7 Å². The molecule has 1 N–H and O–H groups in total. The van der Waals surface area contributed by atoms with Gasteiger partial charge in [-0.25, -0.2) is 0 Å². The van der Waals surface area contributed by atoms with E-state index in [1.165, 1.54) is 5.57 Å². The van der Waals surface area contributed by atoms with E-state index >= 15 is 0 Å². The molecule has 22 heavy (non-hydrogen) atoms. The van der Waals surface area contributed by atoms with E-state index in [-0.39, 0.29) is 0 Å². The lowest BCUT2D eigenvalue weighted by Crippen LogP contribution is -2.39. The minimum absolute atomic E-state index is 0.312. The average molecular weight is 298 g/mol. The maximum atomic E-state index is 6.08. The molecule has 0 amide bonds. The highest BCUT2D eigenvalue weighted by Gasteiger charge is 2.20. The van der Waals surface area contributed by atoms with Gasteiger partial charge in [0.1, 0.15) is 11.9 Å². The first kappa shape index (κ1) is 16.4. The zero-order valence-corrected chi connectivity index (χ0v) is 13.4. The summed E-state index contributed by atoms with van der Waals surface area (Å²) >= 11 is 0. The monoisotopic (exact) mass is 298 g/mol. The van der Waals surface area contributed by atoms with Crippen molar-refractivity contribution in [2.75, 3.05) is 32.0 Å². The van der Waals surface area contributed by atoms with Crippen LogP contribution < -0.4 is 10.1 Å². The molecule has 1 aliphatic heterocycles. The van der Waals surface area contributed by atoms with Crippen LogP contribution in [0.1, 0.15) is 12.8 Å². The molecule has 0 radical (unpaired) electrons. The molecular formula is C19H26N2O. The van der Waals surface area contributed by atoms with Crippen LogP contribution in [0.5, 0.6) is 5.75 Å². The highest BCUT2D eigenvalue weighted by Crippen LogP contribution is 2.21. The van der Waals surface area contributed by atoms with Crippen molar-refractivity contribution < 1.29 is 4.74 Å². The van der Waals surface area contributed by atoms with Crippen LogP contribution in [0.2, 0.25) is 0 Å². The third-order valence-electron chi connectivity index (χ3n) is 3.98. The Balaban J connectivity index is 1.80. The van der Waals surface area contributed by atoms with Crippen molar-refractivity contribution in [3.63, 3.8) is 0 Å². The van der Waals surface area contributed by atoms with Crippen molar-refractivity contribution in [3.05, 3.63) is 61.2 Å². The summed E-state index contributed by atoms with van der Waals surface area (Å²) in [6.45, 7) is 10.7. The van der Waals surface area contributed by atoms with Gasteiger partial charge in [-0.1, -0.05) is 31.4 Å². The summed E-state index contributed by atoms with van der Waals surface area (Å²) in [6.07, 6.45) is 8.19. The minimum atomic E-state index is 0.312. The second kappa shape index (κ2) is 8.44. The number of nitrogens with one attached hydrogen (secondary N) is 1. The molecule has 3 heteroatoms. The lowest BCUT2D eigenvalue weighted by molar-refractivity contribution is 0.106. The second-order valence-corrected chi connectivity index (χ2v) is 5.55. The van der Waals surface area contributed by atoms with Gasteiger partial charge in [-0.3, -0.25) is 4.90 Å². The second-order valence-electron chi connectivity index (χ2n) is 5.55. The summed E-state index contributed by atoms with van der Waals surface area (Å²) in [5, 5.41) is 3.11. The van der Waals surface area contributed by atoms with Crippen LogP contribution in [-0.2, 0) is 0 Å². The van der Waals surface area contributed by atoms with E-state index in [0.717, 1.165) is 43.9 Å². The van der Waals surface area contributed by atoms with E-state index < -0.39 is 0 Å². The zero-order valence-electron chi connectivity index (χ0n) is 13.4. The Hall–Kier alpha value is -2.00. The Bertz CT molecular complexity index is 511. The van der Waals surface area contributed by atoms with Crippen LogP contribution >= 0.6 is 0 Å². The fourth-order valence-corrected chi connectivity index (χ4v) is 2.67. The topological polar surface area (TPSA) is 24.5 Å². The average Bonchev–Trinajstić information content (AvgIpc) is 2.57. The molecule has 118 valence electrons. The van der Waals surface area contributed by atoms with Crippen LogP contribution in [0.3, 0.4) is 0 Å². The SMILES string of the molecule is C=C/C=C(\C=C)CN1CCC(Oc2ccc(NC)cc2)CC1. The minimum Gasteiger partial charge on any atom is -0.490 e. The predicted octanol–water partition coefficient (Wildman–Crippen LogP) is 3.87. The number of piperidine rings is 1. The van der Waals surface area contributed by atoms with Crippen molar-refractivity contribution in [1.82, 2.24) is 4.90 Å². The van der Waals surface area contributed by atoms with Crippen molar-refractivity contribution in [2.45, 2.75) is 18.9 Å². The van der Waals surface area contributed by atoms with Crippen LogP contribution in [0.25, 0.3) is 0 Å². The third-order valence-corrected chi connectivity index (χ3v) is 3.98. The molecule has 1 aliphatic rings. The first-order chi connectivity index (χ1) is 10.7. The molecule has 1 aromatic rings. The van der Waals surface area contributed by atoms with Crippen LogP contribution in [0.4, 0.5) is 5.69 Å². The van der Waals surface area contributed by atoms with Crippen LogP contribution in [0, 0.1) is 0 Å². The van der Waals surface area contributed by atoms with E-state index in [1.807, 2.05) is 49.5 Å². The molecule has 0 aromatic heterocycles. The van der Waals surface area contributed by atoms with E-state index in [4.69, 9.17) is 4.74 Å². The van der Waals surface area contributed by atoms with Crippen LogP contribution in [0.15, 0.2) is 61.2 Å². The summed E-state index contributed by atoms with van der Waals surface area (Å²) in [4.78, 5) is 2.45. The van der Waals surface area contributed by atoms with Gasteiger partial charge in [0.05, 0.1) is 0 Å². The molecule has 1 aromatic carbocycles. The lowest BCUT2D eigenvalue weighted by atomic mass is 10.1. The van der Waals surface area contributed by atoms with Crippen LogP contribution in [-0.4, -0.2) is 37.7 Å². The smallest absolute Gasteiger partial charge is 0.119 e. The fourth-order valence-electron chi connectivity index (χ4n) is 2.67. The Labute approximate surface area is 134 Å². The molecule has 2 rings (SSSR count). The van der Waals surface area contributed by atoms with Gasteiger partial charge in [0.2, 0.25) is 0 Å². The molecule has 1 saturated heterocycles. The fraction of sp³-hybridized carbons (Fsp3) is 0.368.